The number of aromatic nitrogens is 2. The average Bonchev–Trinajstić information content (AvgIpc) is 2.54. The fourth-order valence-electron chi connectivity index (χ4n) is 3.26. The molecule has 1 aliphatic carbocycles. The number of esters is 1. The molecule has 6 heteroatoms. The molecular formula is C20H26N4O2. The highest BCUT2D eigenvalue weighted by molar-refractivity contribution is 5.76. The number of carbonyl (C=O) groups is 1. The quantitative estimate of drug-likeness (QED) is 0.788. The molecule has 3 rings (SSSR count). The summed E-state index contributed by atoms with van der Waals surface area (Å²) >= 11 is 0. The van der Waals surface area contributed by atoms with E-state index in [-0.39, 0.29) is 23.3 Å². The highest BCUT2D eigenvalue weighted by Crippen LogP contribution is 2.45. The predicted octanol–water partition coefficient (Wildman–Crippen LogP) is 4.10. The molecule has 2 aromatic rings. The van der Waals surface area contributed by atoms with Crippen LogP contribution in [0.2, 0.25) is 0 Å². The molecule has 2 N–H and O–H groups in total. The minimum Gasteiger partial charge on any atom is -0.469 e. The number of hydrogen-bond donors (Lipinski definition) is 2. The van der Waals surface area contributed by atoms with E-state index in [2.05, 4.69) is 47.4 Å². The Labute approximate surface area is 154 Å². The van der Waals surface area contributed by atoms with Crippen LogP contribution in [0.3, 0.4) is 0 Å². The summed E-state index contributed by atoms with van der Waals surface area (Å²) < 4.78 is 4.94. The van der Waals surface area contributed by atoms with Crippen LogP contribution in [0.15, 0.2) is 36.7 Å². The first-order valence-electron chi connectivity index (χ1n) is 8.91. The number of methoxy groups -OCH3 is 1. The number of ether oxygens (including phenoxy) is 1. The lowest BCUT2D eigenvalue weighted by atomic mass is 9.69. The van der Waals surface area contributed by atoms with Gasteiger partial charge < -0.3 is 15.4 Å². The average molecular weight is 354 g/mol. The minimum absolute atomic E-state index is 0.0635. The van der Waals surface area contributed by atoms with Crippen molar-refractivity contribution in [3.05, 3.63) is 42.2 Å². The Morgan fingerprint density at radius 1 is 1.15 bits per heavy atom. The standard InChI is InChI=1S/C20H26N4O2/c1-20(2,3)24-18-11-17(21-12-22-18)23-16-8-6-5-7-14(16)13-9-10-15(13)19(25)26-4/h5-8,11-13,15H,9-10H2,1-4H3,(H2,21,22,23,24). The van der Waals surface area contributed by atoms with Crippen molar-refractivity contribution in [3.8, 4) is 0 Å². The lowest BCUT2D eigenvalue weighted by Crippen LogP contribution is -2.32. The highest BCUT2D eigenvalue weighted by atomic mass is 16.5. The smallest absolute Gasteiger partial charge is 0.309 e. The van der Waals surface area contributed by atoms with Gasteiger partial charge in [0.1, 0.15) is 18.0 Å². The summed E-state index contributed by atoms with van der Waals surface area (Å²) in [5.74, 6) is 1.47. The van der Waals surface area contributed by atoms with Crippen molar-refractivity contribution in [2.24, 2.45) is 5.92 Å². The largest absolute Gasteiger partial charge is 0.469 e. The normalized spacial score (nSPS) is 19.4. The van der Waals surface area contributed by atoms with E-state index < -0.39 is 0 Å². The van der Waals surface area contributed by atoms with Gasteiger partial charge in [-0.1, -0.05) is 18.2 Å². The molecule has 0 aliphatic heterocycles. The molecule has 26 heavy (non-hydrogen) atoms. The van der Waals surface area contributed by atoms with Crippen molar-refractivity contribution < 1.29 is 9.53 Å². The Hall–Kier alpha value is -2.63. The summed E-state index contributed by atoms with van der Waals surface area (Å²) in [6.45, 7) is 6.25. The van der Waals surface area contributed by atoms with Gasteiger partial charge in [0.05, 0.1) is 13.0 Å². The molecule has 1 aromatic carbocycles. The van der Waals surface area contributed by atoms with Crippen LogP contribution in [0.5, 0.6) is 0 Å². The lowest BCUT2D eigenvalue weighted by Gasteiger charge is -2.35. The van der Waals surface area contributed by atoms with Crippen LogP contribution in [0.25, 0.3) is 0 Å². The van der Waals surface area contributed by atoms with Crippen molar-refractivity contribution in [2.75, 3.05) is 17.7 Å². The molecular weight excluding hydrogens is 328 g/mol. The third-order valence-electron chi connectivity index (χ3n) is 4.57. The topological polar surface area (TPSA) is 76.1 Å². The molecule has 0 amide bonds. The van der Waals surface area contributed by atoms with Gasteiger partial charge in [0, 0.05) is 17.3 Å². The third kappa shape index (κ3) is 4.12. The fraction of sp³-hybridized carbons (Fsp3) is 0.450. The number of nitrogens with one attached hydrogen (secondary N) is 2. The molecule has 2 atom stereocenters. The van der Waals surface area contributed by atoms with Crippen LogP contribution in [0.4, 0.5) is 17.3 Å². The highest BCUT2D eigenvalue weighted by Gasteiger charge is 2.39. The Bertz CT molecular complexity index is 785. The maximum atomic E-state index is 12.0. The fourth-order valence-corrected chi connectivity index (χ4v) is 3.26. The SMILES string of the molecule is COC(=O)C1CCC1c1ccccc1Nc1cc(NC(C)(C)C)ncn1. The van der Waals surface area contributed by atoms with Gasteiger partial charge in [-0.2, -0.15) is 0 Å². The molecule has 1 heterocycles. The summed E-state index contributed by atoms with van der Waals surface area (Å²) in [6, 6.07) is 9.95. The van der Waals surface area contributed by atoms with E-state index in [1.165, 1.54) is 7.11 Å². The van der Waals surface area contributed by atoms with E-state index >= 15 is 0 Å². The number of nitrogens with zero attached hydrogens (tertiary/aromatic N) is 2. The van der Waals surface area contributed by atoms with E-state index in [4.69, 9.17) is 4.74 Å². The zero-order chi connectivity index (χ0) is 18.7. The van der Waals surface area contributed by atoms with Crippen LogP contribution >= 0.6 is 0 Å². The molecule has 6 nitrogen and oxygen atoms in total. The Kier molecular flexibility index (Phi) is 5.11. The van der Waals surface area contributed by atoms with Crippen LogP contribution in [0, 0.1) is 5.92 Å². The zero-order valence-corrected chi connectivity index (χ0v) is 15.7. The Morgan fingerprint density at radius 2 is 1.88 bits per heavy atom. The van der Waals surface area contributed by atoms with Crippen LogP contribution in [0.1, 0.15) is 45.1 Å². The van der Waals surface area contributed by atoms with Crippen LogP contribution < -0.4 is 10.6 Å². The zero-order valence-electron chi connectivity index (χ0n) is 15.7. The van der Waals surface area contributed by atoms with Gasteiger partial charge in [0.25, 0.3) is 0 Å². The summed E-state index contributed by atoms with van der Waals surface area (Å²) in [5.41, 5.74) is 2.01. The molecule has 1 saturated carbocycles. The molecule has 1 aromatic heterocycles. The van der Waals surface area contributed by atoms with E-state index in [0.29, 0.717) is 5.82 Å². The molecule has 0 saturated heterocycles. The van der Waals surface area contributed by atoms with Gasteiger partial charge in [-0.05, 0) is 51.2 Å². The van der Waals surface area contributed by atoms with Gasteiger partial charge in [-0.15, -0.1) is 0 Å². The second kappa shape index (κ2) is 7.32. The Balaban J connectivity index is 1.81. The van der Waals surface area contributed by atoms with E-state index in [1.54, 1.807) is 6.33 Å². The van der Waals surface area contributed by atoms with E-state index in [9.17, 15) is 4.79 Å². The van der Waals surface area contributed by atoms with Crippen molar-refractivity contribution in [2.45, 2.75) is 45.1 Å². The van der Waals surface area contributed by atoms with Crippen molar-refractivity contribution in [1.82, 2.24) is 9.97 Å². The summed E-state index contributed by atoms with van der Waals surface area (Å²) in [6.07, 6.45) is 3.40. The van der Waals surface area contributed by atoms with Crippen molar-refractivity contribution in [3.63, 3.8) is 0 Å². The molecule has 1 fully saturated rings. The monoisotopic (exact) mass is 354 g/mol. The molecule has 0 radical (unpaired) electrons. The predicted molar refractivity (Wildman–Crippen MR) is 103 cm³/mol. The van der Waals surface area contributed by atoms with E-state index in [1.807, 2.05) is 24.3 Å². The van der Waals surface area contributed by atoms with Gasteiger partial charge in [0.2, 0.25) is 0 Å². The van der Waals surface area contributed by atoms with Crippen LogP contribution in [-0.2, 0) is 9.53 Å². The maximum absolute atomic E-state index is 12.0. The minimum atomic E-state index is -0.130. The summed E-state index contributed by atoms with van der Waals surface area (Å²) in [5, 5.41) is 6.73. The first kappa shape index (κ1) is 18.2. The molecule has 138 valence electrons. The number of anilines is 3. The summed E-state index contributed by atoms with van der Waals surface area (Å²) in [7, 11) is 1.45. The van der Waals surface area contributed by atoms with Crippen LogP contribution in [-0.4, -0.2) is 28.6 Å². The van der Waals surface area contributed by atoms with Gasteiger partial charge in [-0.3, -0.25) is 4.79 Å². The Morgan fingerprint density at radius 3 is 2.54 bits per heavy atom. The second-order valence-electron chi connectivity index (χ2n) is 7.69. The van der Waals surface area contributed by atoms with Gasteiger partial charge >= 0.3 is 5.97 Å². The van der Waals surface area contributed by atoms with Gasteiger partial charge in [0.15, 0.2) is 0 Å². The number of carbonyl (C=O) groups excluding carboxylic acids is 1. The number of hydrogen-bond acceptors (Lipinski definition) is 6. The molecule has 0 bridgehead atoms. The van der Waals surface area contributed by atoms with Crippen molar-refractivity contribution in [1.29, 1.82) is 0 Å². The first-order chi connectivity index (χ1) is 12.4. The third-order valence-corrected chi connectivity index (χ3v) is 4.57. The molecule has 1 aliphatic rings. The molecule has 0 spiro atoms. The number of para-hydroxylation sites is 1. The lowest BCUT2D eigenvalue weighted by molar-refractivity contribution is -0.149. The first-order valence-corrected chi connectivity index (χ1v) is 8.91. The summed E-state index contributed by atoms with van der Waals surface area (Å²) in [4.78, 5) is 20.6. The molecule has 2 unspecified atom stereocenters. The number of rotatable bonds is 5. The van der Waals surface area contributed by atoms with Crippen molar-refractivity contribution >= 4 is 23.3 Å². The maximum Gasteiger partial charge on any atom is 0.309 e. The second-order valence-corrected chi connectivity index (χ2v) is 7.69. The van der Waals surface area contributed by atoms with Gasteiger partial charge in [-0.25, -0.2) is 9.97 Å². The number of benzene rings is 1. The van der Waals surface area contributed by atoms with E-state index in [0.717, 1.165) is 29.9 Å².